The first-order valence-corrected chi connectivity index (χ1v) is 10.3. The van der Waals surface area contributed by atoms with E-state index in [1.165, 1.54) is 0 Å². The summed E-state index contributed by atoms with van der Waals surface area (Å²) in [6.45, 7) is 5.51. The van der Waals surface area contributed by atoms with Crippen molar-refractivity contribution in [1.82, 2.24) is 15.2 Å². The van der Waals surface area contributed by atoms with Crippen molar-refractivity contribution in [3.05, 3.63) is 47.8 Å². The highest BCUT2D eigenvalue weighted by molar-refractivity contribution is 5.88. The van der Waals surface area contributed by atoms with Gasteiger partial charge in [0.05, 0.1) is 18.3 Å². The van der Waals surface area contributed by atoms with E-state index in [-0.39, 0.29) is 13.4 Å². The Morgan fingerprint density at radius 1 is 1.29 bits per heavy atom. The predicted octanol–water partition coefficient (Wildman–Crippen LogP) is 4.12. The number of nitrogens with zero attached hydrogens (tertiary/aromatic N) is 2. The zero-order chi connectivity index (χ0) is 19.7. The van der Waals surface area contributed by atoms with E-state index in [9.17, 15) is 4.79 Å². The Morgan fingerprint density at radius 3 is 2.89 bits per heavy atom. The third-order valence-electron chi connectivity index (χ3n) is 5.99. The van der Waals surface area contributed by atoms with Gasteiger partial charge in [-0.1, -0.05) is 12.1 Å². The number of ether oxygens (including phenoxy) is 1. The molecule has 1 amide bonds. The largest absolute Gasteiger partial charge is 0.494 e. The van der Waals surface area contributed by atoms with Gasteiger partial charge in [0.15, 0.2) is 0 Å². The van der Waals surface area contributed by atoms with Crippen molar-refractivity contribution >= 4 is 5.91 Å². The van der Waals surface area contributed by atoms with Crippen LogP contribution in [-0.2, 0) is 4.79 Å². The van der Waals surface area contributed by atoms with E-state index in [1.54, 1.807) is 0 Å². The summed E-state index contributed by atoms with van der Waals surface area (Å²) in [4.78, 5) is 19.4. The number of likely N-dealkylation sites (tertiary alicyclic amines) is 1. The van der Waals surface area contributed by atoms with Crippen LogP contribution in [0.5, 0.6) is 5.75 Å². The summed E-state index contributed by atoms with van der Waals surface area (Å²) in [5.41, 5.74) is 3.88. The van der Waals surface area contributed by atoms with Crippen molar-refractivity contribution in [2.45, 2.75) is 51.1 Å². The molecule has 28 heavy (non-hydrogen) atoms. The molecule has 3 heterocycles. The molecule has 2 fully saturated rings. The molecule has 0 bridgehead atoms. The summed E-state index contributed by atoms with van der Waals surface area (Å²) in [5, 5.41) is 3.68. The lowest BCUT2D eigenvalue weighted by atomic mass is 9.83. The molecule has 5 heteroatoms. The highest BCUT2D eigenvalue weighted by Crippen LogP contribution is 2.37. The molecular formula is C23H31N3O2. The van der Waals surface area contributed by atoms with E-state index in [2.05, 4.69) is 29.6 Å². The molecular weight excluding hydrogens is 350 g/mol. The maximum atomic E-state index is 12.7. The summed E-state index contributed by atoms with van der Waals surface area (Å²) in [7, 11) is 1.90. The molecule has 2 aliphatic rings. The lowest BCUT2D eigenvalue weighted by Crippen LogP contribution is -2.55. The van der Waals surface area contributed by atoms with E-state index in [1.807, 2.05) is 37.9 Å². The van der Waals surface area contributed by atoms with E-state index >= 15 is 0 Å². The van der Waals surface area contributed by atoms with Gasteiger partial charge in [-0.3, -0.25) is 15.1 Å². The molecule has 1 spiro atoms. The van der Waals surface area contributed by atoms with Gasteiger partial charge in [-0.25, -0.2) is 0 Å². The Morgan fingerprint density at radius 2 is 2.14 bits per heavy atom. The standard InChI is InChI=1S/C23H29N3O2.H2/c1-4-28-19-8-5-7-17(14-19)18-13-16(2)24-21(15-18)20-9-6-10-23(25-20)11-12-26(3)22(23)27;/h5,7-8,13-15,20,25H,4,6,9-12H2,1-3H3;1H/t20-,23+;/m1./s1. The van der Waals surface area contributed by atoms with Gasteiger partial charge in [-0.05, 0) is 74.9 Å². The second-order valence-corrected chi connectivity index (χ2v) is 8.03. The van der Waals surface area contributed by atoms with Gasteiger partial charge >= 0.3 is 0 Å². The number of likely N-dealkylation sites (N-methyl/N-ethyl adjacent to an activating group) is 1. The van der Waals surface area contributed by atoms with Crippen molar-refractivity contribution in [3.8, 4) is 16.9 Å². The molecule has 2 aromatic rings. The van der Waals surface area contributed by atoms with Gasteiger partial charge < -0.3 is 9.64 Å². The molecule has 1 aromatic heterocycles. The molecule has 0 saturated carbocycles. The fraction of sp³-hybridized carbons (Fsp3) is 0.478. The van der Waals surface area contributed by atoms with Crippen LogP contribution in [0.3, 0.4) is 0 Å². The van der Waals surface area contributed by atoms with Crippen LogP contribution < -0.4 is 10.1 Å². The predicted molar refractivity (Wildman–Crippen MR) is 112 cm³/mol. The number of aryl methyl sites for hydroxylation is 1. The molecule has 2 atom stereocenters. The third kappa shape index (κ3) is 3.51. The first-order valence-electron chi connectivity index (χ1n) is 10.3. The van der Waals surface area contributed by atoms with Crippen LogP contribution in [-0.4, -0.2) is 41.5 Å². The van der Waals surface area contributed by atoms with Crippen LogP contribution >= 0.6 is 0 Å². The minimum absolute atomic E-state index is 0. The average molecular weight is 382 g/mol. The van der Waals surface area contributed by atoms with Gasteiger partial charge in [0.2, 0.25) is 5.91 Å². The van der Waals surface area contributed by atoms with Crippen LogP contribution in [0.25, 0.3) is 11.1 Å². The number of pyridine rings is 1. The van der Waals surface area contributed by atoms with Crippen molar-refractivity contribution in [3.63, 3.8) is 0 Å². The van der Waals surface area contributed by atoms with E-state index in [0.29, 0.717) is 6.61 Å². The molecule has 5 nitrogen and oxygen atoms in total. The summed E-state index contributed by atoms with van der Waals surface area (Å²) >= 11 is 0. The summed E-state index contributed by atoms with van der Waals surface area (Å²) in [6.07, 6.45) is 3.85. The van der Waals surface area contributed by atoms with Crippen molar-refractivity contribution < 1.29 is 11.0 Å². The van der Waals surface area contributed by atoms with Crippen molar-refractivity contribution in [1.29, 1.82) is 0 Å². The average Bonchev–Trinajstić information content (AvgIpc) is 2.96. The zero-order valence-corrected chi connectivity index (χ0v) is 17.0. The smallest absolute Gasteiger partial charge is 0.242 e. The Bertz CT molecular complexity index is 884. The number of hydrogen-bond acceptors (Lipinski definition) is 4. The molecule has 1 aromatic carbocycles. The minimum Gasteiger partial charge on any atom is -0.494 e. The number of nitrogens with one attached hydrogen (secondary N) is 1. The van der Waals surface area contributed by atoms with E-state index in [0.717, 1.165) is 60.5 Å². The molecule has 4 rings (SSSR count). The summed E-state index contributed by atoms with van der Waals surface area (Å²) in [6, 6.07) is 12.6. The first kappa shape index (κ1) is 18.9. The van der Waals surface area contributed by atoms with E-state index in [4.69, 9.17) is 9.72 Å². The van der Waals surface area contributed by atoms with Crippen LogP contribution in [0.15, 0.2) is 36.4 Å². The number of piperidine rings is 1. The van der Waals surface area contributed by atoms with Gasteiger partial charge in [0.1, 0.15) is 11.3 Å². The second-order valence-electron chi connectivity index (χ2n) is 8.03. The lowest BCUT2D eigenvalue weighted by Gasteiger charge is -2.38. The molecule has 0 radical (unpaired) electrons. The lowest BCUT2D eigenvalue weighted by molar-refractivity contribution is -0.133. The number of hydrogen-bond donors (Lipinski definition) is 1. The molecule has 2 aliphatic heterocycles. The third-order valence-corrected chi connectivity index (χ3v) is 5.99. The Balaban J connectivity index is 0.00000240. The van der Waals surface area contributed by atoms with Crippen LogP contribution in [0, 0.1) is 6.92 Å². The summed E-state index contributed by atoms with van der Waals surface area (Å²) < 4.78 is 5.66. The van der Waals surface area contributed by atoms with Gasteiger partial charge in [-0.2, -0.15) is 0 Å². The van der Waals surface area contributed by atoms with Gasteiger partial charge in [-0.15, -0.1) is 0 Å². The fourth-order valence-corrected chi connectivity index (χ4v) is 4.58. The molecule has 1 N–H and O–H groups in total. The number of rotatable bonds is 4. The number of benzene rings is 1. The van der Waals surface area contributed by atoms with Crippen LogP contribution in [0.4, 0.5) is 0 Å². The number of carbonyl (C=O) groups is 1. The topological polar surface area (TPSA) is 54.5 Å². The molecule has 150 valence electrons. The minimum atomic E-state index is -0.405. The highest BCUT2D eigenvalue weighted by Gasteiger charge is 2.48. The normalized spacial score (nSPS) is 24.8. The quantitative estimate of drug-likeness (QED) is 0.866. The first-order chi connectivity index (χ1) is 13.5. The Kier molecular flexibility index (Phi) is 5.11. The number of amides is 1. The van der Waals surface area contributed by atoms with Crippen LogP contribution in [0.1, 0.15) is 51.5 Å². The Labute approximate surface area is 168 Å². The summed E-state index contributed by atoms with van der Waals surface area (Å²) in [5.74, 6) is 1.11. The van der Waals surface area contributed by atoms with Gasteiger partial charge in [0.25, 0.3) is 0 Å². The molecule has 2 saturated heterocycles. The molecule has 0 unspecified atom stereocenters. The zero-order valence-electron chi connectivity index (χ0n) is 17.0. The number of aromatic nitrogens is 1. The maximum absolute atomic E-state index is 12.7. The SMILES string of the molecule is CCOc1cccc(-c2cc(C)nc([C@H]3CCC[C@@]4(CCN(C)C4=O)N3)c2)c1.[HH]. The van der Waals surface area contributed by atoms with E-state index < -0.39 is 5.54 Å². The van der Waals surface area contributed by atoms with Crippen LogP contribution in [0.2, 0.25) is 0 Å². The van der Waals surface area contributed by atoms with Crippen molar-refractivity contribution in [2.24, 2.45) is 0 Å². The number of carbonyl (C=O) groups excluding carboxylic acids is 1. The fourth-order valence-electron chi connectivity index (χ4n) is 4.58. The monoisotopic (exact) mass is 381 g/mol. The van der Waals surface area contributed by atoms with Crippen molar-refractivity contribution in [2.75, 3.05) is 20.2 Å². The molecule has 0 aliphatic carbocycles. The Hall–Kier alpha value is -2.40. The maximum Gasteiger partial charge on any atom is 0.242 e. The second kappa shape index (κ2) is 7.55. The van der Waals surface area contributed by atoms with Gasteiger partial charge in [0, 0.05) is 20.7 Å². The highest BCUT2D eigenvalue weighted by atomic mass is 16.5.